The van der Waals surface area contributed by atoms with Crippen molar-refractivity contribution in [2.24, 2.45) is 0 Å². The summed E-state index contributed by atoms with van der Waals surface area (Å²) in [4.78, 5) is 28.4. The molecule has 1 heterocycles. The maximum atomic E-state index is 13.2. The van der Waals surface area contributed by atoms with E-state index >= 15 is 0 Å². The molecule has 6 heteroatoms. The average molecular weight is 404 g/mol. The minimum atomic E-state index is -1.51. The molecule has 146 valence electrons. The van der Waals surface area contributed by atoms with Gasteiger partial charge in [-0.1, -0.05) is 29.8 Å². The Hall–Kier alpha value is -3.25. The van der Waals surface area contributed by atoms with Crippen LogP contribution in [0.3, 0.4) is 0 Å². The number of carbonyl (C=O) groups excluding carboxylic acids is 2. The van der Waals surface area contributed by atoms with E-state index in [-0.39, 0.29) is 11.8 Å². The van der Waals surface area contributed by atoms with Crippen LogP contribution in [0.5, 0.6) is 0 Å². The van der Waals surface area contributed by atoms with E-state index in [1.54, 1.807) is 47.4 Å². The Bertz CT molecular complexity index is 1140. The third-order valence-electron chi connectivity index (χ3n) is 4.90. The van der Waals surface area contributed by atoms with E-state index in [1.165, 1.54) is 0 Å². The number of fused-ring (bicyclic) bond motifs is 2. The van der Waals surface area contributed by atoms with E-state index < -0.39 is 10.8 Å². The molecule has 29 heavy (non-hydrogen) atoms. The number of hydrogen-bond acceptors (Lipinski definition) is 3. The zero-order chi connectivity index (χ0) is 20.5. The summed E-state index contributed by atoms with van der Waals surface area (Å²) in [6.07, 6.45) is 0. The first-order valence-electron chi connectivity index (χ1n) is 9.34. The van der Waals surface area contributed by atoms with Crippen LogP contribution in [0.1, 0.15) is 33.2 Å². The fourth-order valence-electron chi connectivity index (χ4n) is 3.36. The van der Waals surface area contributed by atoms with Crippen molar-refractivity contribution in [2.75, 3.05) is 16.8 Å². The van der Waals surface area contributed by atoms with Crippen molar-refractivity contribution in [1.82, 2.24) is 0 Å². The molecular formula is C23H20N2O3S. The standard InChI is InChI=1S/C23H20N2O3S/c1-3-25-19-14-16(22(26)24-17-11-8-15(2)9-12-17)10-13-21(19)29(28)20-7-5-4-6-18(20)23(25)27/h4-14H,3H2,1-2H3,(H,24,26). The average Bonchev–Trinajstić information content (AvgIpc) is 2.83. The van der Waals surface area contributed by atoms with Crippen LogP contribution in [-0.4, -0.2) is 22.6 Å². The Morgan fingerprint density at radius 2 is 1.72 bits per heavy atom. The van der Waals surface area contributed by atoms with Gasteiger partial charge in [0.1, 0.15) is 0 Å². The zero-order valence-corrected chi connectivity index (χ0v) is 17.0. The summed E-state index contributed by atoms with van der Waals surface area (Å²) in [6.45, 7) is 4.24. The molecule has 1 unspecified atom stereocenters. The lowest BCUT2D eigenvalue weighted by molar-refractivity contribution is 0.0982. The molecule has 3 aromatic carbocycles. The molecule has 0 spiro atoms. The van der Waals surface area contributed by atoms with Gasteiger partial charge in [0.15, 0.2) is 0 Å². The second-order valence-corrected chi connectivity index (χ2v) is 8.23. The highest BCUT2D eigenvalue weighted by molar-refractivity contribution is 7.85. The van der Waals surface area contributed by atoms with Crippen molar-refractivity contribution in [3.05, 3.63) is 83.4 Å². The number of nitrogens with one attached hydrogen (secondary N) is 1. The molecule has 0 aliphatic carbocycles. The molecule has 0 aromatic heterocycles. The summed E-state index contributed by atoms with van der Waals surface area (Å²) >= 11 is 0. The number of carbonyl (C=O) groups is 2. The van der Waals surface area contributed by atoms with Crippen LogP contribution in [0.2, 0.25) is 0 Å². The van der Waals surface area contributed by atoms with Gasteiger partial charge in [0.25, 0.3) is 11.8 Å². The van der Waals surface area contributed by atoms with Crippen molar-refractivity contribution in [2.45, 2.75) is 23.6 Å². The van der Waals surface area contributed by atoms with Crippen molar-refractivity contribution in [1.29, 1.82) is 0 Å². The highest BCUT2D eigenvalue weighted by Gasteiger charge is 2.30. The topological polar surface area (TPSA) is 66.5 Å². The van der Waals surface area contributed by atoms with Gasteiger partial charge in [0.2, 0.25) is 0 Å². The molecule has 1 aliphatic heterocycles. The molecule has 1 atom stereocenters. The number of nitrogens with zero attached hydrogens (tertiary/aromatic N) is 1. The van der Waals surface area contributed by atoms with Gasteiger partial charge in [-0.15, -0.1) is 0 Å². The second kappa shape index (κ2) is 7.64. The second-order valence-electron chi connectivity index (χ2n) is 6.82. The molecule has 0 radical (unpaired) electrons. The molecular weight excluding hydrogens is 384 g/mol. The summed E-state index contributed by atoms with van der Waals surface area (Å²) in [5.74, 6) is -0.501. The molecule has 0 saturated heterocycles. The lowest BCUT2D eigenvalue weighted by Crippen LogP contribution is -2.30. The van der Waals surface area contributed by atoms with Gasteiger partial charge in [-0.05, 0) is 56.3 Å². The van der Waals surface area contributed by atoms with Crippen molar-refractivity contribution in [3.63, 3.8) is 0 Å². The van der Waals surface area contributed by atoms with Crippen molar-refractivity contribution < 1.29 is 13.8 Å². The molecule has 2 amide bonds. The zero-order valence-electron chi connectivity index (χ0n) is 16.1. The highest BCUT2D eigenvalue weighted by atomic mass is 32.2. The molecule has 4 rings (SSSR count). The number of benzene rings is 3. The quantitative estimate of drug-likeness (QED) is 0.704. The monoisotopic (exact) mass is 404 g/mol. The van der Waals surface area contributed by atoms with E-state index in [2.05, 4.69) is 5.32 Å². The molecule has 5 nitrogen and oxygen atoms in total. The normalized spacial score (nSPS) is 15.3. The van der Waals surface area contributed by atoms with E-state index in [0.29, 0.717) is 38.8 Å². The number of aryl methyl sites for hydroxylation is 1. The predicted molar refractivity (Wildman–Crippen MR) is 114 cm³/mol. The van der Waals surface area contributed by atoms with E-state index in [1.807, 2.05) is 38.1 Å². The fraction of sp³-hybridized carbons (Fsp3) is 0.130. The summed E-state index contributed by atoms with van der Waals surface area (Å²) in [5.41, 5.74) is 3.12. The third-order valence-corrected chi connectivity index (χ3v) is 6.40. The summed E-state index contributed by atoms with van der Waals surface area (Å²) in [5, 5.41) is 2.86. The molecule has 3 aromatic rings. The summed E-state index contributed by atoms with van der Waals surface area (Å²) in [6, 6.07) is 19.4. The Morgan fingerprint density at radius 1 is 1.00 bits per heavy atom. The lowest BCUT2D eigenvalue weighted by Gasteiger charge is -2.21. The Balaban J connectivity index is 1.75. The first-order chi connectivity index (χ1) is 14.0. The molecule has 1 aliphatic rings. The lowest BCUT2D eigenvalue weighted by atomic mass is 10.1. The van der Waals surface area contributed by atoms with Gasteiger partial charge in [-0.3, -0.25) is 9.59 Å². The number of anilines is 2. The molecule has 0 saturated carbocycles. The van der Waals surface area contributed by atoms with Gasteiger partial charge >= 0.3 is 0 Å². The van der Waals surface area contributed by atoms with E-state index in [0.717, 1.165) is 5.56 Å². The van der Waals surface area contributed by atoms with Gasteiger partial charge in [0.05, 0.1) is 31.8 Å². The number of rotatable bonds is 3. The Labute approximate surface area is 171 Å². The van der Waals surface area contributed by atoms with Crippen LogP contribution < -0.4 is 10.2 Å². The first-order valence-corrected chi connectivity index (χ1v) is 10.5. The van der Waals surface area contributed by atoms with Crippen LogP contribution in [-0.2, 0) is 10.8 Å². The number of hydrogen-bond donors (Lipinski definition) is 1. The maximum Gasteiger partial charge on any atom is 0.259 e. The van der Waals surface area contributed by atoms with Crippen molar-refractivity contribution >= 4 is 34.0 Å². The van der Waals surface area contributed by atoms with Crippen LogP contribution in [0.25, 0.3) is 0 Å². The SMILES string of the molecule is CCN1C(=O)c2ccccc2S(=O)c2ccc(C(=O)Nc3ccc(C)cc3)cc21. The predicted octanol–water partition coefficient (Wildman–Crippen LogP) is 4.39. The Kier molecular flexibility index (Phi) is 5.03. The minimum absolute atomic E-state index is 0.216. The maximum absolute atomic E-state index is 13.2. The van der Waals surface area contributed by atoms with Crippen molar-refractivity contribution in [3.8, 4) is 0 Å². The molecule has 1 N–H and O–H groups in total. The smallest absolute Gasteiger partial charge is 0.259 e. The summed E-state index contributed by atoms with van der Waals surface area (Å²) in [7, 11) is -1.51. The van der Waals surface area contributed by atoms with Crippen LogP contribution >= 0.6 is 0 Å². The van der Waals surface area contributed by atoms with Crippen LogP contribution in [0, 0.1) is 6.92 Å². The van der Waals surface area contributed by atoms with Crippen LogP contribution in [0.15, 0.2) is 76.5 Å². The van der Waals surface area contributed by atoms with Gasteiger partial charge in [0, 0.05) is 17.8 Å². The van der Waals surface area contributed by atoms with Gasteiger partial charge in [-0.25, -0.2) is 4.21 Å². The molecule has 0 bridgehead atoms. The van der Waals surface area contributed by atoms with Gasteiger partial charge < -0.3 is 10.2 Å². The minimum Gasteiger partial charge on any atom is -0.322 e. The van der Waals surface area contributed by atoms with Crippen LogP contribution in [0.4, 0.5) is 11.4 Å². The van der Waals surface area contributed by atoms with E-state index in [4.69, 9.17) is 0 Å². The summed E-state index contributed by atoms with van der Waals surface area (Å²) < 4.78 is 13.2. The number of amides is 2. The third kappa shape index (κ3) is 3.47. The van der Waals surface area contributed by atoms with E-state index in [9.17, 15) is 13.8 Å². The Morgan fingerprint density at radius 3 is 2.45 bits per heavy atom. The highest BCUT2D eigenvalue weighted by Crippen LogP contribution is 2.35. The largest absolute Gasteiger partial charge is 0.322 e. The van der Waals surface area contributed by atoms with Gasteiger partial charge in [-0.2, -0.15) is 0 Å². The molecule has 0 fully saturated rings. The first kappa shape index (κ1) is 19.1. The fourth-order valence-corrected chi connectivity index (χ4v) is 4.70.